The molecule has 0 amide bonds. The quantitative estimate of drug-likeness (QED) is 0.942. The van der Waals surface area contributed by atoms with E-state index in [2.05, 4.69) is 26.3 Å². The van der Waals surface area contributed by atoms with E-state index < -0.39 is 0 Å². The first-order chi connectivity index (χ1) is 7.66. The fourth-order valence-corrected chi connectivity index (χ4v) is 2.82. The highest BCUT2D eigenvalue weighted by atomic mass is 79.9. The summed E-state index contributed by atoms with van der Waals surface area (Å²) < 4.78 is 1.06. The molecule has 1 heterocycles. The van der Waals surface area contributed by atoms with Crippen LogP contribution in [0, 0.1) is 6.92 Å². The second-order valence-electron chi connectivity index (χ2n) is 3.69. The largest absolute Gasteiger partial charge is 0.324 e. The highest BCUT2D eigenvalue weighted by Gasteiger charge is 2.11. The van der Waals surface area contributed by atoms with Crippen molar-refractivity contribution in [2.75, 3.05) is 0 Å². The molecule has 0 saturated heterocycles. The summed E-state index contributed by atoms with van der Waals surface area (Å²) in [5.41, 5.74) is 8.38. The highest BCUT2D eigenvalue weighted by molar-refractivity contribution is 9.10. The van der Waals surface area contributed by atoms with Gasteiger partial charge in [0.05, 0.1) is 10.7 Å². The van der Waals surface area contributed by atoms with Crippen LogP contribution in [0.15, 0.2) is 34.1 Å². The lowest BCUT2D eigenvalue weighted by Crippen LogP contribution is -2.14. The molecule has 84 valence electrons. The number of nitrogens with two attached hydrogens (primary N) is 1. The van der Waals surface area contributed by atoms with Crippen LogP contribution >= 0.6 is 27.3 Å². The summed E-state index contributed by atoms with van der Waals surface area (Å²) in [4.78, 5) is 4.43. The van der Waals surface area contributed by atoms with Crippen LogP contribution in [-0.2, 0) is 6.42 Å². The summed E-state index contributed by atoms with van der Waals surface area (Å²) in [6, 6.07) is 8.06. The molecule has 16 heavy (non-hydrogen) atoms. The van der Waals surface area contributed by atoms with Gasteiger partial charge in [-0.05, 0) is 18.6 Å². The summed E-state index contributed by atoms with van der Waals surface area (Å²) in [7, 11) is 0. The number of aromatic nitrogens is 1. The van der Waals surface area contributed by atoms with Gasteiger partial charge in [0.1, 0.15) is 0 Å². The van der Waals surface area contributed by atoms with E-state index in [4.69, 9.17) is 5.73 Å². The van der Waals surface area contributed by atoms with E-state index in [1.54, 1.807) is 11.3 Å². The number of thiazole rings is 1. The minimum absolute atomic E-state index is 0.00271. The molecule has 4 heteroatoms. The van der Waals surface area contributed by atoms with Gasteiger partial charge < -0.3 is 5.73 Å². The fraction of sp³-hybridized carbons (Fsp3) is 0.250. The molecule has 0 aliphatic heterocycles. The lowest BCUT2D eigenvalue weighted by Gasteiger charge is -2.12. The van der Waals surface area contributed by atoms with E-state index in [0.29, 0.717) is 0 Å². The third kappa shape index (κ3) is 2.70. The summed E-state index contributed by atoms with van der Waals surface area (Å²) in [5, 5.41) is 3.17. The van der Waals surface area contributed by atoms with Gasteiger partial charge in [0.15, 0.2) is 0 Å². The van der Waals surface area contributed by atoms with Crippen molar-refractivity contribution in [3.05, 3.63) is 50.4 Å². The Balaban J connectivity index is 2.14. The molecule has 0 fully saturated rings. The lowest BCUT2D eigenvalue weighted by atomic mass is 10.0. The molecule has 0 bridgehead atoms. The Morgan fingerprint density at radius 1 is 1.44 bits per heavy atom. The Morgan fingerprint density at radius 2 is 2.19 bits per heavy atom. The van der Waals surface area contributed by atoms with Crippen molar-refractivity contribution in [2.24, 2.45) is 5.73 Å². The summed E-state index contributed by atoms with van der Waals surface area (Å²) in [6.45, 7) is 2.01. The number of aryl methyl sites for hydroxylation is 1. The number of halogens is 1. The zero-order valence-electron chi connectivity index (χ0n) is 8.98. The van der Waals surface area contributed by atoms with Crippen LogP contribution in [0.3, 0.4) is 0 Å². The molecule has 1 aromatic carbocycles. The molecule has 0 aliphatic rings. The smallest absolute Gasteiger partial charge is 0.0897 e. The van der Waals surface area contributed by atoms with Crippen molar-refractivity contribution in [1.82, 2.24) is 4.98 Å². The molecule has 0 radical (unpaired) electrons. The summed E-state index contributed by atoms with van der Waals surface area (Å²) in [6.07, 6.45) is 0.785. The predicted octanol–water partition coefficient (Wildman–Crippen LogP) is 3.46. The van der Waals surface area contributed by atoms with Crippen LogP contribution in [0.5, 0.6) is 0 Å². The van der Waals surface area contributed by atoms with E-state index in [9.17, 15) is 0 Å². The molecule has 2 rings (SSSR count). The van der Waals surface area contributed by atoms with E-state index in [-0.39, 0.29) is 6.04 Å². The Bertz CT molecular complexity index is 481. The maximum Gasteiger partial charge on any atom is 0.0897 e. The zero-order chi connectivity index (χ0) is 11.5. The first-order valence-corrected chi connectivity index (χ1v) is 6.75. The normalized spacial score (nSPS) is 12.7. The summed E-state index contributed by atoms with van der Waals surface area (Å²) in [5.74, 6) is 0. The molecule has 1 atom stereocenters. The first kappa shape index (κ1) is 11.8. The van der Waals surface area contributed by atoms with Crippen molar-refractivity contribution >= 4 is 27.3 Å². The van der Waals surface area contributed by atoms with Gasteiger partial charge in [-0.3, -0.25) is 0 Å². The van der Waals surface area contributed by atoms with Gasteiger partial charge in [-0.25, -0.2) is 4.98 Å². The third-order valence-corrected chi connectivity index (χ3v) is 3.94. The molecule has 1 aromatic heterocycles. The summed E-state index contributed by atoms with van der Waals surface area (Å²) >= 11 is 5.19. The Labute approximate surface area is 108 Å². The second-order valence-corrected chi connectivity index (χ2v) is 5.61. The molecule has 0 saturated carbocycles. The minimum Gasteiger partial charge on any atom is -0.324 e. The van der Waals surface area contributed by atoms with Gasteiger partial charge in [0, 0.05) is 22.3 Å². The van der Waals surface area contributed by atoms with Gasteiger partial charge in [-0.1, -0.05) is 34.1 Å². The van der Waals surface area contributed by atoms with Gasteiger partial charge in [-0.2, -0.15) is 0 Å². The number of hydrogen-bond donors (Lipinski definition) is 1. The van der Waals surface area contributed by atoms with Gasteiger partial charge in [0.25, 0.3) is 0 Å². The standard InChI is InChI=1S/C12H13BrN2S/c1-8-15-9(7-16-8)6-12(14)10-4-2-3-5-11(10)13/h2-5,7,12H,6,14H2,1H3. The van der Waals surface area contributed by atoms with Gasteiger partial charge in [0.2, 0.25) is 0 Å². The van der Waals surface area contributed by atoms with Crippen LogP contribution in [0.1, 0.15) is 22.3 Å². The first-order valence-electron chi connectivity index (χ1n) is 5.08. The van der Waals surface area contributed by atoms with Crippen molar-refractivity contribution < 1.29 is 0 Å². The van der Waals surface area contributed by atoms with Crippen LogP contribution in [0.25, 0.3) is 0 Å². The monoisotopic (exact) mass is 296 g/mol. The van der Waals surface area contributed by atoms with Crippen LogP contribution in [0.4, 0.5) is 0 Å². The molecule has 1 unspecified atom stereocenters. The highest BCUT2D eigenvalue weighted by Crippen LogP contribution is 2.24. The maximum atomic E-state index is 6.17. The topological polar surface area (TPSA) is 38.9 Å². The van der Waals surface area contributed by atoms with E-state index in [1.807, 2.05) is 31.2 Å². The minimum atomic E-state index is -0.00271. The third-order valence-electron chi connectivity index (χ3n) is 2.40. The van der Waals surface area contributed by atoms with E-state index in [1.165, 1.54) is 0 Å². The molecule has 2 aromatic rings. The van der Waals surface area contributed by atoms with Crippen LogP contribution in [-0.4, -0.2) is 4.98 Å². The average Bonchev–Trinajstić information content (AvgIpc) is 2.64. The number of rotatable bonds is 3. The van der Waals surface area contributed by atoms with Crippen LogP contribution in [0.2, 0.25) is 0 Å². The van der Waals surface area contributed by atoms with E-state index >= 15 is 0 Å². The Hall–Kier alpha value is -0.710. The molecular weight excluding hydrogens is 284 g/mol. The maximum absolute atomic E-state index is 6.17. The van der Waals surface area contributed by atoms with Gasteiger partial charge >= 0.3 is 0 Å². The molecule has 2 nitrogen and oxygen atoms in total. The van der Waals surface area contributed by atoms with Crippen LogP contribution < -0.4 is 5.73 Å². The number of nitrogens with zero attached hydrogens (tertiary/aromatic N) is 1. The Morgan fingerprint density at radius 3 is 2.81 bits per heavy atom. The molecule has 0 aliphatic carbocycles. The molecule has 0 spiro atoms. The predicted molar refractivity (Wildman–Crippen MR) is 71.6 cm³/mol. The lowest BCUT2D eigenvalue weighted by molar-refractivity contribution is 0.706. The van der Waals surface area contributed by atoms with Crippen molar-refractivity contribution in [3.8, 4) is 0 Å². The van der Waals surface area contributed by atoms with Crippen molar-refractivity contribution in [3.63, 3.8) is 0 Å². The Kier molecular flexibility index (Phi) is 3.74. The molecular formula is C12H13BrN2S. The fourth-order valence-electron chi connectivity index (χ4n) is 1.61. The van der Waals surface area contributed by atoms with Gasteiger partial charge in [-0.15, -0.1) is 11.3 Å². The zero-order valence-corrected chi connectivity index (χ0v) is 11.4. The van der Waals surface area contributed by atoms with Crippen molar-refractivity contribution in [1.29, 1.82) is 0 Å². The van der Waals surface area contributed by atoms with Crippen molar-refractivity contribution in [2.45, 2.75) is 19.4 Å². The number of benzene rings is 1. The van der Waals surface area contributed by atoms with E-state index in [0.717, 1.165) is 27.2 Å². The SMILES string of the molecule is Cc1nc(CC(N)c2ccccc2Br)cs1. The average molecular weight is 297 g/mol. The number of hydrogen-bond acceptors (Lipinski definition) is 3. The molecule has 2 N–H and O–H groups in total. The second kappa shape index (κ2) is 5.08.